The molecular formula is C4H9NO3. The van der Waals surface area contributed by atoms with Gasteiger partial charge in [-0.2, -0.15) is 0 Å². The van der Waals surface area contributed by atoms with E-state index in [-0.39, 0.29) is 0 Å². The van der Waals surface area contributed by atoms with E-state index < -0.39 is 11.8 Å². The molecule has 0 aliphatic carbocycles. The van der Waals surface area contributed by atoms with Gasteiger partial charge in [0.1, 0.15) is 0 Å². The summed E-state index contributed by atoms with van der Waals surface area (Å²) >= 11 is 0. The van der Waals surface area contributed by atoms with Crippen molar-refractivity contribution >= 4 is 0 Å². The van der Waals surface area contributed by atoms with Crippen molar-refractivity contribution in [1.82, 2.24) is 4.90 Å². The summed E-state index contributed by atoms with van der Waals surface area (Å²) in [6.45, 7) is 0. The minimum atomic E-state index is -1.06. The fourth-order valence-electron chi connectivity index (χ4n) is 0.200. The predicted molar refractivity (Wildman–Crippen MR) is 28.6 cm³/mol. The van der Waals surface area contributed by atoms with Crippen LogP contribution in [0.4, 0.5) is 0 Å². The van der Waals surface area contributed by atoms with Crippen LogP contribution in [0.3, 0.4) is 0 Å². The second-order valence-electron chi connectivity index (χ2n) is 1.54. The summed E-state index contributed by atoms with van der Waals surface area (Å²) in [4.78, 5) is 1.18. The van der Waals surface area contributed by atoms with Crippen LogP contribution in [0.2, 0.25) is 0 Å². The molecule has 0 unspecified atom stereocenters. The Bertz CT molecular complexity index is 104. The molecule has 0 aliphatic rings. The molecule has 0 bridgehead atoms. The zero-order chi connectivity index (χ0) is 6.73. The van der Waals surface area contributed by atoms with Gasteiger partial charge in [0.15, 0.2) is 0 Å². The third-order valence-electron chi connectivity index (χ3n) is 0.624. The van der Waals surface area contributed by atoms with E-state index in [1.165, 1.54) is 19.0 Å². The van der Waals surface area contributed by atoms with Crippen LogP contribution in [0, 0.1) is 0 Å². The first-order valence-corrected chi connectivity index (χ1v) is 2.04. The second-order valence-corrected chi connectivity index (χ2v) is 1.54. The molecule has 4 heteroatoms. The van der Waals surface area contributed by atoms with Crippen molar-refractivity contribution in [3.63, 3.8) is 0 Å². The number of nitrogens with zero attached hydrogens (tertiary/aromatic N) is 1. The largest absolute Gasteiger partial charge is 0.490 e. The van der Waals surface area contributed by atoms with Crippen LogP contribution >= 0.6 is 0 Å². The highest BCUT2D eigenvalue weighted by molar-refractivity contribution is 4.85. The Labute approximate surface area is 47.3 Å². The van der Waals surface area contributed by atoms with Crippen LogP contribution < -0.4 is 0 Å². The Morgan fingerprint density at radius 2 is 1.50 bits per heavy atom. The maximum atomic E-state index is 8.51. The SMILES string of the molecule is CN(C)C(O)=C(O)O. The van der Waals surface area contributed by atoms with E-state index in [4.69, 9.17) is 15.3 Å². The smallest absolute Gasteiger partial charge is 0.337 e. The Hall–Kier alpha value is -1.06. The first-order chi connectivity index (χ1) is 3.55. The summed E-state index contributed by atoms with van der Waals surface area (Å²) in [6.07, 6.45) is 0. The van der Waals surface area contributed by atoms with Crippen LogP contribution in [0.5, 0.6) is 0 Å². The zero-order valence-electron chi connectivity index (χ0n) is 4.79. The number of hydrogen-bond donors (Lipinski definition) is 3. The molecule has 0 aromatic carbocycles. The van der Waals surface area contributed by atoms with Crippen LogP contribution in [0.15, 0.2) is 11.8 Å². The molecule has 0 saturated carbocycles. The molecule has 0 heterocycles. The molecule has 0 saturated heterocycles. The van der Waals surface area contributed by atoms with Crippen molar-refractivity contribution in [2.45, 2.75) is 0 Å². The number of hydrogen-bond acceptors (Lipinski definition) is 4. The summed E-state index contributed by atoms with van der Waals surface area (Å²) in [5.41, 5.74) is 0. The highest BCUT2D eigenvalue weighted by atomic mass is 16.5. The average Bonchev–Trinajstić information content (AvgIpc) is 1.64. The van der Waals surface area contributed by atoms with Gasteiger partial charge >= 0.3 is 5.95 Å². The van der Waals surface area contributed by atoms with Crippen molar-refractivity contribution in [3.05, 3.63) is 11.8 Å². The fraction of sp³-hybridized carbons (Fsp3) is 0.500. The van der Waals surface area contributed by atoms with E-state index in [2.05, 4.69) is 0 Å². The Morgan fingerprint density at radius 3 is 1.50 bits per heavy atom. The molecule has 48 valence electrons. The summed E-state index contributed by atoms with van der Waals surface area (Å²) in [6, 6.07) is 0. The van der Waals surface area contributed by atoms with Gasteiger partial charge in [-0.3, -0.25) is 0 Å². The maximum absolute atomic E-state index is 8.51. The predicted octanol–water partition coefficient (Wildman–Crippen LogP) is 0.349. The summed E-state index contributed by atoms with van der Waals surface area (Å²) in [7, 11) is 2.98. The lowest BCUT2D eigenvalue weighted by molar-refractivity contribution is 0.122. The van der Waals surface area contributed by atoms with Gasteiger partial charge in [0.25, 0.3) is 5.88 Å². The van der Waals surface area contributed by atoms with Crippen LogP contribution in [-0.2, 0) is 0 Å². The van der Waals surface area contributed by atoms with Crippen molar-refractivity contribution in [2.24, 2.45) is 0 Å². The van der Waals surface area contributed by atoms with Gasteiger partial charge in [-0.05, 0) is 0 Å². The van der Waals surface area contributed by atoms with Crippen LogP contribution in [-0.4, -0.2) is 34.3 Å². The molecule has 0 rings (SSSR count). The Kier molecular flexibility index (Phi) is 1.99. The minimum Gasteiger partial charge on any atom is -0.490 e. The molecule has 0 fully saturated rings. The van der Waals surface area contributed by atoms with Crippen LogP contribution in [0.25, 0.3) is 0 Å². The molecule has 0 spiro atoms. The lowest BCUT2D eigenvalue weighted by atomic mass is 10.7. The zero-order valence-corrected chi connectivity index (χ0v) is 4.79. The normalized spacial score (nSPS) is 8.25. The summed E-state index contributed by atoms with van der Waals surface area (Å²) < 4.78 is 0. The molecule has 4 nitrogen and oxygen atoms in total. The lowest BCUT2D eigenvalue weighted by Gasteiger charge is -2.08. The first kappa shape index (κ1) is 6.94. The van der Waals surface area contributed by atoms with E-state index in [0.29, 0.717) is 0 Å². The lowest BCUT2D eigenvalue weighted by Crippen LogP contribution is -2.12. The molecule has 0 aromatic heterocycles. The van der Waals surface area contributed by atoms with Crippen LogP contribution in [0.1, 0.15) is 0 Å². The monoisotopic (exact) mass is 119 g/mol. The second kappa shape index (κ2) is 2.30. The fourth-order valence-corrected chi connectivity index (χ4v) is 0.200. The topological polar surface area (TPSA) is 63.9 Å². The number of aliphatic hydroxyl groups excluding tert-OH is 2. The molecule has 8 heavy (non-hydrogen) atoms. The summed E-state index contributed by atoms with van der Waals surface area (Å²) in [5.74, 6) is -1.60. The van der Waals surface area contributed by atoms with E-state index in [1.54, 1.807) is 0 Å². The Morgan fingerprint density at radius 1 is 1.12 bits per heavy atom. The van der Waals surface area contributed by atoms with Gasteiger partial charge in [-0.15, -0.1) is 0 Å². The molecule has 0 aromatic rings. The third-order valence-corrected chi connectivity index (χ3v) is 0.624. The van der Waals surface area contributed by atoms with Gasteiger partial charge in [-0.25, -0.2) is 0 Å². The van der Waals surface area contributed by atoms with E-state index in [0.717, 1.165) is 0 Å². The van der Waals surface area contributed by atoms with Crippen molar-refractivity contribution in [1.29, 1.82) is 0 Å². The maximum Gasteiger partial charge on any atom is 0.337 e. The van der Waals surface area contributed by atoms with Gasteiger partial charge in [0, 0.05) is 14.1 Å². The molecule has 0 radical (unpaired) electrons. The van der Waals surface area contributed by atoms with E-state index in [1.807, 2.05) is 0 Å². The average molecular weight is 119 g/mol. The van der Waals surface area contributed by atoms with Crippen molar-refractivity contribution in [2.75, 3.05) is 14.1 Å². The number of aliphatic hydroxyl groups is 3. The highest BCUT2D eigenvalue weighted by Crippen LogP contribution is 1.94. The molecule has 3 N–H and O–H groups in total. The van der Waals surface area contributed by atoms with Crippen molar-refractivity contribution < 1.29 is 15.3 Å². The van der Waals surface area contributed by atoms with Gasteiger partial charge < -0.3 is 20.2 Å². The first-order valence-electron chi connectivity index (χ1n) is 2.04. The van der Waals surface area contributed by atoms with E-state index >= 15 is 0 Å². The molecule has 0 amide bonds. The number of rotatable bonds is 1. The molecule has 0 aliphatic heterocycles. The Balaban J connectivity index is 4.00. The van der Waals surface area contributed by atoms with E-state index in [9.17, 15) is 0 Å². The van der Waals surface area contributed by atoms with Crippen molar-refractivity contribution in [3.8, 4) is 0 Å². The quantitative estimate of drug-likeness (QED) is 0.436. The summed E-state index contributed by atoms with van der Waals surface area (Å²) in [5, 5.41) is 24.8. The minimum absolute atomic E-state index is 0.537. The van der Waals surface area contributed by atoms with Gasteiger partial charge in [0.2, 0.25) is 0 Å². The molecule has 0 atom stereocenters. The third kappa shape index (κ3) is 1.59. The molecular weight excluding hydrogens is 110 g/mol. The van der Waals surface area contributed by atoms with Gasteiger partial charge in [0.05, 0.1) is 0 Å². The van der Waals surface area contributed by atoms with Gasteiger partial charge in [-0.1, -0.05) is 0 Å². The highest BCUT2D eigenvalue weighted by Gasteiger charge is 2.00. The standard InChI is InChI=1S/C4H9NO3/c1-5(2)3(6)4(7)8/h6-8H,1-2H3.